The van der Waals surface area contributed by atoms with Crippen molar-refractivity contribution < 1.29 is 19.1 Å². The number of anilines is 1. The van der Waals surface area contributed by atoms with E-state index in [0.717, 1.165) is 25.1 Å². The molecule has 1 aromatic carbocycles. The van der Waals surface area contributed by atoms with Crippen molar-refractivity contribution in [2.75, 3.05) is 31.6 Å². The maximum Gasteiger partial charge on any atom is 0.328 e. The zero-order chi connectivity index (χ0) is 22.2. The third kappa shape index (κ3) is 8.98. The topological polar surface area (TPSA) is 79.0 Å². The molecular formula is C22H37N3O4. The molecular weight excluding hydrogens is 370 g/mol. The van der Waals surface area contributed by atoms with Gasteiger partial charge in [0.05, 0.1) is 12.8 Å². The third-order valence-electron chi connectivity index (χ3n) is 4.22. The smallest absolute Gasteiger partial charge is 0.328 e. The summed E-state index contributed by atoms with van der Waals surface area (Å²) < 4.78 is 5.22. The van der Waals surface area contributed by atoms with Crippen molar-refractivity contribution >= 4 is 24.0 Å². The number of rotatable bonds is 3. The Balaban J connectivity index is 0.000000547. The Morgan fingerprint density at radius 3 is 2.10 bits per heavy atom. The average Bonchev–Trinajstić information content (AvgIpc) is 2.77. The molecule has 0 bridgehead atoms. The van der Waals surface area contributed by atoms with Crippen LogP contribution in [0, 0.1) is 6.92 Å². The molecule has 7 nitrogen and oxygen atoms in total. The molecule has 0 spiro atoms. The largest absolute Gasteiger partial charge is 0.495 e. The van der Waals surface area contributed by atoms with Gasteiger partial charge in [-0.25, -0.2) is 4.79 Å². The predicted octanol–water partition coefficient (Wildman–Crippen LogP) is 4.13. The number of urea groups is 1. The summed E-state index contributed by atoms with van der Waals surface area (Å²) in [6.07, 6.45) is 4.93. The molecule has 0 saturated carbocycles. The van der Waals surface area contributed by atoms with Gasteiger partial charge in [0.15, 0.2) is 0 Å². The average molecular weight is 408 g/mol. The maximum atomic E-state index is 11.7. The van der Waals surface area contributed by atoms with Crippen LogP contribution >= 0.6 is 0 Å². The van der Waals surface area contributed by atoms with Crippen LogP contribution in [0.3, 0.4) is 0 Å². The van der Waals surface area contributed by atoms with Crippen LogP contribution in [-0.2, 0) is 9.59 Å². The second-order valence-corrected chi connectivity index (χ2v) is 6.13. The minimum absolute atomic E-state index is 0.238. The number of nitrogens with one attached hydrogen (secondary N) is 1. The Hall–Kier alpha value is -2.57. The maximum absolute atomic E-state index is 11.7. The highest BCUT2D eigenvalue weighted by molar-refractivity contribution is 6.06. The summed E-state index contributed by atoms with van der Waals surface area (Å²) in [7, 11) is 1.56. The molecule has 7 heteroatoms. The van der Waals surface area contributed by atoms with Gasteiger partial charge in [-0.05, 0) is 43.9 Å². The Kier molecular flexibility index (Phi) is 14.0. The first-order chi connectivity index (χ1) is 14.0. The summed E-state index contributed by atoms with van der Waals surface area (Å²) in [5.74, 6) is 0.387. The van der Waals surface area contributed by atoms with Gasteiger partial charge in [-0.15, -0.1) is 0 Å². The number of ether oxygens (including phenoxy) is 1. The second kappa shape index (κ2) is 15.4. The molecule has 1 aromatic rings. The number of likely N-dealkylation sites (tertiary alicyclic amines) is 1. The lowest BCUT2D eigenvalue weighted by Gasteiger charge is -2.28. The van der Waals surface area contributed by atoms with E-state index in [-0.39, 0.29) is 5.91 Å². The summed E-state index contributed by atoms with van der Waals surface area (Å²) in [6.45, 7) is 12.3. The molecule has 2 aliphatic rings. The molecule has 2 aliphatic heterocycles. The number of nitrogens with zero attached hydrogens (tertiary/aromatic N) is 2. The number of methoxy groups -OCH3 is 1. The summed E-state index contributed by atoms with van der Waals surface area (Å²) in [5, 5.41) is 2.29. The number of hydrogen-bond acceptors (Lipinski definition) is 4. The number of imide groups is 1. The summed E-state index contributed by atoms with van der Waals surface area (Å²) >= 11 is 0. The molecule has 0 unspecified atom stereocenters. The lowest BCUT2D eigenvalue weighted by atomic mass is 10.1. The van der Waals surface area contributed by atoms with Crippen molar-refractivity contribution in [2.45, 2.75) is 60.3 Å². The van der Waals surface area contributed by atoms with E-state index in [9.17, 15) is 14.4 Å². The fourth-order valence-corrected chi connectivity index (χ4v) is 2.83. The van der Waals surface area contributed by atoms with E-state index in [4.69, 9.17) is 4.74 Å². The van der Waals surface area contributed by atoms with Crippen molar-refractivity contribution in [1.29, 1.82) is 0 Å². The number of carbonyl (C=O) groups is 3. The van der Waals surface area contributed by atoms with E-state index in [0.29, 0.717) is 24.4 Å². The molecule has 0 aromatic heterocycles. The quantitative estimate of drug-likeness (QED) is 0.764. The fourth-order valence-electron chi connectivity index (χ4n) is 2.83. The van der Waals surface area contributed by atoms with Crippen molar-refractivity contribution in [3.8, 4) is 5.75 Å². The first-order valence-electron chi connectivity index (χ1n) is 10.5. The van der Waals surface area contributed by atoms with E-state index < -0.39 is 6.03 Å². The van der Waals surface area contributed by atoms with Gasteiger partial charge in [0.2, 0.25) is 12.3 Å². The third-order valence-corrected chi connectivity index (χ3v) is 4.22. The van der Waals surface area contributed by atoms with Gasteiger partial charge < -0.3 is 9.64 Å². The van der Waals surface area contributed by atoms with Crippen LogP contribution in [-0.4, -0.2) is 50.0 Å². The fraction of sp³-hybridized carbons (Fsp3) is 0.591. The first kappa shape index (κ1) is 26.4. The zero-order valence-electron chi connectivity index (χ0n) is 18.8. The molecule has 2 heterocycles. The molecule has 0 radical (unpaired) electrons. The van der Waals surface area contributed by atoms with Crippen LogP contribution in [0.5, 0.6) is 5.75 Å². The van der Waals surface area contributed by atoms with Crippen LogP contribution in [0.2, 0.25) is 0 Å². The molecule has 2 saturated heterocycles. The Bertz CT molecular complexity index is 628. The monoisotopic (exact) mass is 407 g/mol. The highest BCUT2D eigenvalue weighted by atomic mass is 16.5. The van der Waals surface area contributed by atoms with Crippen LogP contribution in [0.25, 0.3) is 0 Å². The number of piperidine rings is 1. The van der Waals surface area contributed by atoms with E-state index in [2.05, 4.69) is 5.32 Å². The SMILES string of the molecule is CC.CC.COc1ccc(C)cc1N1CCC(=O)NC1=O.O=CN1CCCCC1. The van der Waals surface area contributed by atoms with Crippen LogP contribution in [0.1, 0.15) is 58.9 Å². The summed E-state index contributed by atoms with van der Waals surface area (Å²) in [5.41, 5.74) is 1.73. The van der Waals surface area contributed by atoms with Gasteiger partial charge >= 0.3 is 6.03 Å². The van der Waals surface area contributed by atoms with E-state index in [1.807, 2.05) is 57.7 Å². The molecule has 0 atom stereocenters. The van der Waals surface area contributed by atoms with E-state index >= 15 is 0 Å². The molecule has 164 valence electrons. The number of hydrogen-bond donors (Lipinski definition) is 1. The standard InChI is InChI=1S/C12H14N2O3.C6H11NO.2C2H6/c1-8-3-4-10(17-2)9(7-8)14-6-5-11(15)13-12(14)16;8-6-7-4-2-1-3-5-7;2*1-2/h3-4,7H,5-6H2,1-2H3,(H,13,15,16);6H,1-5H2;2*1-2H3. The van der Waals surface area contributed by atoms with Gasteiger partial charge in [0.1, 0.15) is 5.75 Å². The lowest BCUT2D eigenvalue weighted by molar-refractivity contribution is -0.120. The van der Waals surface area contributed by atoms with Crippen LogP contribution in [0.15, 0.2) is 18.2 Å². The van der Waals surface area contributed by atoms with Gasteiger partial charge in [-0.2, -0.15) is 0 Å². The van der Waals surface area contributed by atoms with Gasteiger partial charge in [-0.3, -0.25) is 19.8 Å². The lowest BCUT2D eigenvalue weighted by Crippen LogP contribution is -2.49. The minimum Gasteiger partial charge on any atom is -0.495 e. The number of aryl methyl sites for hydroxylation is 1. The van der Waals surface area contributed by atoms with Crippen molar-refractivity contribution in [3.63, 3.8) is 0 Å². The molecule has 4 amide bonds. The summed E-state index contributed by atoms with van der Waals surface area (Å²) in [4.78, 5) is 36.2. The molecule has 3 rings (SSSR count). The molecule has 2 fully saturated rings. The van der Waals surface area contributed by atoms with Gasteiger partial charge in [-0.1, -0.05) is 33.8 Å². The zero-order valence-corrected chi connectivity index (χ0v) is 18.8. The Morgan fingerprint density at radius 2 is 1.62 bits per heavy atom. The van der Waals surface area contributed by atoms with Crippen LogP contribution < -0.4 is 15.0 Å². The Morgan fingerprint density at radius 1 is 1.00 bits per heavy atom. The highest BCUT2D eigenvalue weighted by Gasteiger charge is 2.26. The highest BCUT2D eigenvalue weighted by Crippen LogP contribution is 2.30. The van der Waals surface area contributed by atoms with Gasteiger partial charge in [0.25, 0.3) is 0 Å². The molecule has 29 heavy (non-hydrogen) atoms. The Labute approximate surface area is 175 Å². The van der Waals surface area contributed by atoms with Gasteiger partial charge in [0, 0.05) is 26.1 Å². The second-order valence-electron chi connectivity index (χ2n) is 6.13. The van der Waals surface area contributed by atoms with E-state index in [1.165, 1.54) is 24.2 Å². The molecule has 0 aliphatic carbocycles. The van der Waals surface area contributed by atoms with Crippen LogP contribution in [0.4, 0.5) is 10.5 Å². The molecule has 1 N–H and O–H groups in total. The normalized spacial score (nSPS) is 15.4. The van der Waals surface area contributed by atoms with Crippen molar-refractivity contribution in [3.05, 3.63) is 23.8 Å². The number of carbonyl (C=O) groups excluding carboxylic acids is 3. The summed E-state index contributed by atoms with van der Waals surface area (Å²) in [6, 6.07) is 5.20. The number of amides is 4. The van der Waals surface area contributed by atoms with Crippen molar-refractivity contribution in [2.24, 2.45) is 0 Å². The predicted molar refractivity (Wildman–Crippen MR) is 117 cm³/mol. The van der Waals surface area contributed by atoms with E-state index in [1.54, 1.807) is 7.11 Å². The first-order valence-corrected chi connectivity index (χ1v) is 10.5. The minimum atomic E-state index is -0.398. The number of benzene rings is 1. The van der Waals surface area contributed by atoms with Crippen molar-refractivity contribution in [1.82, 2.24) is 10.2 Å².